The molecule has 1 aliphatic heterocycles. The van der Waals surface area contributed by atoms with Crippen molar-refractivity contribution in [2.24, 2.45) is 10.7 Å². The molecular weight excluding hydrogens is 404 g/mol. The van der Waals surface area contributed by atoms with E-state index >= 15 is 0 Å². The first-order valence-electron chi connectivity index (χ1n) is 9.33. The fraction of sp³-hybridized carbons (Fsp3) is 0.238. The number of hydrogen-bond acceptors (Lipinski definition) is 5. The molecule has 1 aromatic carbocycles. The Kier molecular flexibility index (Phi) is 5.66. The van der Waals surface area contributed by atoms with E-state index in [0.29, 0.717) is 41.9 Å². The van der Waals surface area contributed by atoms with Crippen LogP contribution in [0.5, 0.6) is 0 Å². The smallest absolute Gasteiger partial charge is 0.265 e. The zero-order valence-electron chi connectivity index (χ0n) is 15.8. The number of rotatable bonds is 4. The summed E-state index contributed by atoms with van der Waals surface area (Å²) in [5.74, 6) is 0.149. The minimum absolute atomic E-state index is 0.291. The lowest BCUT2D eigenvalue weighted by molar-refractivity contribution is -0.148. The molecule has 0 unspecified atom stereocenters. The molecule has 8 heteroatoms. The lowest BCUT2D eigenvalue weighted by Gasteiger charge is -2.38. The average Bonchev–Trinajstić information content (AvgIpc) is 3.48. The molecule has 1 amide bonds. The molecule has 2 aromatic heterocycles. The van der Waals surface area contributed by atoms with E-state index < -0.39 is 5.60 Å². The Morgan fingerprint density at radius 1 is 0.897 bits per heavy atom. The maximum absolute atomic E-state index is 13.4. The number of nitrogens with two attached hydrogens (primary N) is 1. The molecule has 0 aliphatic carbocycles. The number of thiophene rings is 2. The van der Waals surface area contributed by atoms with E-state index in [2.05, 4.69) is 4.99 Å². The van der Waals surface area contributed by atoms with Gasteiger partial charge in [0.05, 0.1) is 15.4 Å². The predicted molar refractivity (Wildman–Crippen MR) is 118 cm³/mol. The number of piperazine rings is 1. The van der Waals surface area contributed by atoms with Crippen molar-refractivity contribution in [1.82, 2.24) is 9.80 Å². The van der Waals surface area contributed by atoms with Gasteiger partial charge in [0, 0.05) is 26.2 Å². The lowest BCUT2D eigenvalue weighted by atomic mass is 9.97. The molecular formula is C21H22N4O2S2. The van der Waals surface area contributed by atoms with Gasteiger partial charge in [-0.05, 0) is 35.0 Å². The third-order valence-corrected chi connectivity index (χ3v) is 6.91. The average molecular weight is 427 g/mol. The number of aliphatic imine (C=N–C) groups is 1. The quantitative estimate of drug-likeness (QED) is 0.496. The summed E-state index contributed by atoms with van der Waals surface area (Å²) in [6, 6.07) is 16.9. The van der Waals surface area contributed by atoms with E-state index in [1.54, 1.807) is 4.90 Å². The number of benzene rings is 1. The summed E-state index contributed by atoms with van der Waals surface area (Å²) in [5, 5.41) is 15.2. The minimum Gasteiger partial charge on any atom is -0.371 e. The van der Waals surface area contributed by atoms with E-state index in [4.69, 9.17) is 5.73 Å². The van der Waals surface area contributed by atoms with Crippen LogP contribution in [0.25, 0.3) is 0 Å². The molecule has 1 aliphatic rings. The number of guanidine groups is 1. The van der Waals surface area contributed by atoms with Crippen LogP contribution in [0.3, 0.4) is 0 Å². The fourth-order valence-electron chi connectivity index (χ4n) is 3.37. The Bertz CT molecular complexity index is 929. The van der Waals surface area contributed by atoms with Gasteiger partial charge in [-0.3, -0.25) is 4.79 Å². The molecule has 0 bridgehead atoms. The van der Waals surface area contributed by atoms with Gasteiger partial charge in [-0.25, -0.2) is 4.99 Å². The summed E-state index contributed by atoms with van der Waals surface area (Å²) in [6.45, 7) is 2.09. The van der Waals surface area contributed by atoms with Crippen LogP contribution in [0.15, 0.2) is 70.3 Å². The van der Waals surface area contributed by atoms with E-state index in [9.17, 15) is 9.90 Å². The summed E-state index contributed by atoms with van der Waals surface area (Å²) in [4.78, 5) is 22.8. The third-order valence-electron chi connectivity index (χ3n) is 4.96. The molecule has 29 heavy (non-hydrogen) atoms. The van der Waals surface area contributed by atoms with Gasteiger partial charge >= 0.3 is 0 Å². The van der Waals surface area contributed by atoms with Crippen LogP contribution in [0.1, 0.15) is 9.75 Å². The van der Waals surface area contributed by atoms with Crippen molar-refractivity contribution in [1.29, 1.82) is 0 Å². The summed E-state index contributed by atoms with van der Waals surface area (Å²) >= 11 is 2.77. The predicted octanol–water partition coefficient (Wildman–Crippen LogP) is 2.84. The summed E-state index contributed by atoms with van der Waals surface area (Å²) in [5.41, 5.74) is 5.32. The molecule has 0 spiro atoms. The van der Waals surface area contributed by atoms with Crippen LogP contribution in [0.4, 0.5) is 5.69 Å². The molecule has 0 atom stereocenters. The normalized spacial score (nSPS) is 15.6. The lowest BCUT2D eigenvalue weighted by Crippen LogP contribution is -2.56. The Morgan fingerprint density at radius 3 is 1.97 bits per heavy atom. The largest absolute Gasteiger partial charge is 0.371 e. The van der Waals surface area contributed by atoms with Gasteiger partial charge in [0.1, 0.15) is 0 Å². The Hall–Kier alpha value is -2.68. The zero-order chi connectivity index (χ0) is 20.3. The van der Waals surface area contributed by atoms with E-state index in [-0.39, 0.29) is 5.91 Å². The Balaban J connectivity index is 1.49. The molecule has 0 radical (unpaired) electrons. The van der Waals surface area contributed by atoms with E-state index in [1.165, 1.54) is 22.7 Å². The SMILES string of the molecule is NC(=Nc1ccccc1)N1CCN(C(=O)C(O)(c2cccs2)c2cccs2)CC1. The summed E-state index contributed by atoms with van der Waals surface area (Å²) < 4.78 is 0. The van der Waals surface area contributed by atoms with Gasteiger partial charge in [0.2, 0.25) is 5.60 Å². The molecule has 1 saturated heterocycles. The first-order chi connectivity index (χ1) is 14.1. The van der Waals surface area contributed by atoms with Gasteiger partial charge in [-0.1, -0.05) is 30.3 Å². The topological polar surface area (TPSA) is 82.2 Å². The molecule has 1 fully saturated rings. The van der Waals surface area contributed by atoms with E-state index in [0.717, 1.165) is 5.69 Å². The number of para-hydroxylation sites is 1. The van der Waals surface area contributed by atoms with Crippen LogP contribution >= 0.6 is 22.7 Å². The van der Waals surface area contributed by atoms with Crippen LogP contribution in [0, 0.1) is 0 Å². The monoisotopic (exact) mass is 426 g/mol. The van der Waals surface area contributed by atoms with Crippen molar-refractivity contribution in [2.75, 3.05) is 26.2 Å². The van der Waals surface area contributed by atoms with Crippen LogP contribution in [-0.2, 0) is 10.4 Å². The second kappa shape index (κ2) is 8.36. The standard InChI is InChI=1S/C21H22N4O2S2/c22-20(23-16-6-2-1-3-7-16)25-12-10-24(11-13-25)19(26)21(27,17-8-4-14-28-17)18-9-5-15-29-18/h1-9,14-15,27H,10-13H2,(H2,22,23). The highest BCUT2D eigenvalue weighted by atomic mass is 32.1. The van der Waals surface area contributed by atoms with Crippen LogP contribution in [0.2, 0.25) is 0 Å². The van der Waals surface area contributed by atoms with Gasteiger partial charge < -0.3 is 20.6 Å². The highest BCUT2D eigenvalue weighted by molar-refractivity contribution is 7.12. The highest BCUT2D eigenvalue weighted by Gasteiger charge is 2.45. The van der Waals surface area contributed by atoms with Crippen molar-refractivity contribution in [2.45, 2.75) is 5.60 Å². The summed E-state index contributed by atoms with van der Waals surface area (Å²) in [7, 11) is 0. The summed E-state index contributed by atoms with van der Waals surface area (Å²) in [6.07, 6.45) is 0. The second-order valence-corrected chi connectivity index (χ2v) is 8.65. The van der Waals surface area contributed by atoms with Gasteiger partial charge in [-0.2, -0.15) is 0 Å². The van der Waals surface area contributed by atoms with Crippen molar-refractivity contribution in [3.8, 4) is 0 Å². The van der Waals surface area contributed by atoms with Crippen LogP contribution in [-0.4, -0.2) is 53.0 Å². The molecule has 150 valence electrons. The second-order valence-electron chi connectivity index (χ2n) is 6.75. The van der Waals surface area contributed by atoms with Crippen molar-refractivity contribution >= 4 is 40.2 Å². The Labute approximate surface area is 177 Å². The number of aliphatic hydroxyl groups is 1. The number of carbonyl (C=O) groups excluding carboxylic acids is 1. The van der Waals surface area contributed by atoms with E-state index in [1.807, 2.05) is 70.3 Å². The number of hydrogen-bond donors (Lipinski definition) is 2. The highest BCUT2D eigenvalue weighted by Crippen LogP contribution is 2.37. The van der Waals surface area contributed by atoms with Gasteiger partial charge in [0.25, 0.3) is 5.91 Å². The molecule has 0 saturated carbocycles. The minimum atomic E-state index is -1.64. The first kappa shape index (κ1) is 19.6. The maximum atomic E-state index is 13.4. The van der Waals surface area contributed by atoms with Crippen molar-refractivity contribution in [3.05, 3.63) is 75.1 Å². The molecule has 4 rings (SSSR count). The van der Waals surface area contributed by atoms with Crippen molar-refractivity contribution in [3.63, 3.8) is 0 Å². The molecule has 3 heterocycles. The Morgan fingerprint density at radius 2 is 1.45 bits per heavy atom. The van der Waals surface area contributed by atoms with Crippen molar-refractivity contribution < 1.29 is 9.90 Å². The fourth-order valence-corrected chi connectivity index (χ4v) is 5.10. The third kappa shape index (κ3) is 3.91. The molecule has 3 aromatic rings. The van der Waals surface area contributed by atoms with Gasteiger partial charge in [-0.15, -0.1) is 22.7 Å². The first-order valence-corrected chi connectivity index (χ1v) is 11.1. The van der Waals surface area contributed by atoms with Crippen LogP contribution < -0.4 is 5.73 Å². The van der Waals surface area contributed by atoms with Gasteiger partial charge in [0.15, 0.2) is 5.96 Å². The zero-order valence-corrected chi connectivity index (χ0v) is 17.4. The maximum Gasteiger partial charge on any atom is 0.265 e. The number of amides is 1. The number of nitrogens with zero attached hydrogens (tertiary/aromatic N) is 3. The molecule has 3 N–H and O–H groups in total. The number of carbonyl (C=O) groups is 1. The molecule has 6 nitrogen and oxygen atoms in total.